The molecule has 0 aliphatic heterocycles. The van der Waals surface area contributed by atoms with E-state index in [0.717, 1.165) is 12.0 Å². The Morgan fingerprint density at radius 3 is 2.36 bits per heavy atom. The number of benzene rings is 1. The summed E-state index contributed by atoms with van der Waals surface area (Å²) in [6.45, 7) is 2.21. The maximum absolute atomic E-state index is 12.1. The minimum atomic E-state index is -0.0412. The molecule has 1 saturated carbocycles. The van der Waals surface area contributed by atoms with Gasteiger partial charge in [0, 0.05) is 18.2 Å². The van der Waals surface area contributed by atoms with E-state index in [1.807, 2.05) is 12.1 Å². The largest absolute Gasteiger partial charge is 0.497 e. The highest BCUT2D eigenvalue weighted by molar-refractivity contribution is 5.92. The predicted molar refractivity (Wildman–Crippen MR) is 88.1 cm³/mol. The molecular formula is C18H25NO3. The van der Waals surface area contributed by atoms with Crippen LogP contribution in [-0.4, -0.2) is 26.2 Å². The zero-order valence-electron chi connectivity index (χ0n) is 13.6. The van der Waals surface area contributed by atoms with Crippen LogP contribution in [0.4, 0.5) is 0 Å². The number of rotatable bonds is 5. The van der Waals surface area contributed by atoms with Gasteiger partial charge in [0.1, 0.15) is 11.5 Å². The van der Waals surface area contributed by atoms with E-state index in [4.69, 9.17) is 9.47 Å². The number of ether oxygens (including phenoxy) is 2. The van der Waals surface area contributed by atoms with Crippen molar-refractivity contribution in [3.63, 3.8) is 0 Å². The molecule has 1 aliphatic rings. The van der Waals surface area contributed by atoms with Gasteiger partial charge in [-0.05, 0) is 42.5 Å². The van der Waals surface area contributed by atoms with Gasteiger partial charge in [-0.15, -0.1) is 0 Å². The third-order valence-electron chi connectivity index (χ3n) is 4.24. The number of amides is 1. The van der Waals surface area contributed by atoms with Crippen LogP contribution in [0.5, 0.6) is 11.5 Å². The van der Waals surface area contributed by atoms with Gasteiger partial charge in [0.25, 0.3) is 0 Å². The van der Waals surface area contributed by atoms with Gasteiger partial charge in [-0.3, -0.25) is 4.79 Å². The van der Waals surface area contributed by atoms with Crippen LogP contribution < -0.4 is 14.8 Å². The number of methoxy groups -OCH3 is 2. The highest BCUT2D eigenvalue weighted by Gasteiger charge is 2.21. The first-order valence-electron chi connectivity index (χ1n) is 7.84. The molecule has 1 fully saturated rings. The maximum Gasteiger partial charge on any atom is 0.244 e. The van der Waals surface area contributed by atoms with Gasteiger partial charge in [0.15, 0.2) is 0 Å². The standard InChI is InChI=1S/C18H25NO3/c1-13-6-4-5-7-17(13)19-18(20)9-8-14-10-15(21-2)12-16(11-14)22-3/h8-13,17H,4-7H2,1-3H3,(H,19,20)/b9-8+/t13-,17-/m0/s1. The van der Waals surface area contributed by atoms with E-state index in [0.29, 0.717) is 23.5 Å². The lowest BCUT2D eigenvalue weighted by Crippen LogP contribution is -2.40. The zero-order valence-corrected chi connectivity index (χ0v) is 13.6. The Morgan fingerprint density at radius 1 is 1.14 bits per heavy atom. The van der Waals surface area contributed by atoms with Gasteiger partial charge in [-0.25, -0.2) is 0 Å². The third kappa shape index (κ3) is 4.52. The Bertz CT molecular complexity index is 517. The van der Waals surface area contributed by atoms with Gasteiger partial charge >= 0.3 is 0 Å². The molecule has 0 heterocycles. The summed E-state index contributed by atoms with van der Waals surface area (Å²) in [7, 11) is 3.22. The molecule has 2 atom stereocenters. The van der Waals surface area contributed by atoms with Crippen molar-refractivity contribution in [2.75, 3.05) is 14.2 Å². The Morgan fingerprint density at radius 2 is 1.77 bits per heavy atom. The highest BCUT2D eigenvalue weighted by Crippen LogP contribution is 2.24. The van der Waals surface area contributed by atoms with Crippen molar-refractivity contribution in [2.45, 2.75) is 38.6 Å². The molecule has 1 aliphatic carbocycles. The molecule has 120 valence electrons. The normalized spacial score (nSPS) is 21.6. The maximum atomic E-state index is 12.1. The minimum absolute atomic E-state index is 0.0412. The lowest BCUT2D eigenvalue weighted by atomic mass is 9.86. The van der Waals surface area contributed by atoms with Crippen molar-refractivity contribution in [3.8, 4) is 11.5 Å². The number of hydrogen-bond acceptors (Lipinski definition) is 3. The second-order valence-corrected chi connectivity index (χ2v) is 5.86. The van der Waals surface area contributed by atoms with Crippen molar-refractivity contribution in [3.05, 3.63) is 29.8 Å². The molecule has 0 bridgehead atoms. The molecule has 0 spiro atoms. The van der Waals surface area contributed by atoms with Crippen LogP contribution in [0.15, 0.2) is 24.3 Å². The summed E-state index contributed by atoms with van der Waals surface area (Å²) in [6, 6.07) is 5.84. The summed E-state index contributed by atoms with van der Waals surface area (Å²) in [5.41, 5.74) is 0.878. The summed E-state index contributed by atoms with van der Waals surface area (Å²) < 4.78 is 10.5. The van der Waals surface area contributed by atoms with E-state index >= 15 is 0 Å². The molecule has 1 aromatic carbocycles. The molecule has 1 aromatic rings. The van der Waals surface area contributed by atoms with E-state index in [2.05, 4.69) is 12.2 Å². The van der Waals surface area contributed by atoms with Crippen LogP contribution >= 0.6 is 0 Å². The number of carbonyl (C=O) groups excluding carboxylic acids is 1. The average molecular weight is 303 g/mol. The summed E-state index contributed by atoms with van der Waals surface area (Å²) in [4.78, 5) is 12.1. The fourth-order valence-corrected chi connectivity index (χ4v) is 2.86. The number of hydrogen-bond donors (Lipinski definition) is 1. The lowest BCUT2D eigenvalue weighted by molar-refractivity contribution is -0.117. The van der Waals surface area contributed by atoms with Crippen LogP contribution in [0.25, 0.3) is 6.08 Å². The fraction of sp³-hybridized carbons (Fsp3) is 0.500. The molecule has 0 saturated heterocycles. The Kier molecular flexibility index (Phi) is 5.87. The smallest absolute Gasteiger partial charge is 0.244 e. The van der Waals surface area contributed by atoms with Crippen molar-refractivity contribution >= 4 is 12.0 Å². The molecule has 0 unspecified atom stereocenters. The summed E-state index contributed by atoms with van der Waals surface area (Å²) in [6.07, 6.45) is 8.11. The third-order valence-corrected chi connectivity index (χ3v) is 4.24. The van der Waals surface area contributed by atoms with E-state index in [1.165, 1.54) is 19.3 Å². The second kappa shape index (κ2) is 7.87. The zero-order chi connectivity index (χ0) is 15.9. The van der Waals surface area contributed by atoms with Crippen molar-refractivity contribution in [1.29, 1.82) is 0 Å². The highest BCUT2D eigenvalue weighted by atomic mass is 16.5. The van der Waals surface area contributed by atoms with Crippen LogP contribution in [0.1, 0.15) is 38.2 Å². The van der Waals surface area contributed by atoms with Crippen molar-refractivity contribution in [1.82, 2.24) is 5.32 Å². The summed E-state index contributed by atoms with van der Waals surface area (Å²) >= 11 is 0. The molecule has 4 nitrogen and oxygen atoms in total. The molecule has 22 heavy (non-hydrogen) atoms. The minimum Gasteiger partial charge on any atom is -0.497 e. The Hall–Kier alpha value is -1.97. The van der Waals surface area contributed by atoms with E-state index < -0.39 is 0 Å². The fourth-order valence-electron chi connectivity index (χ4n) is 2.86. The molecule has 0 radical (unpaired) electrons. The first-order chi connectivity index (χ1) is 10.6. The number of nitrogens with one attached hydrogen (secondary N) is 1. The van der Waals surface area contributed by atoms with Crippen molar-refractivity contribution in [2.24, 2.45) is 5.92 Å². The Balaban J connectivity index is 1.99. The topological polar surface area (TPSA) is 47.6 Å². The molecule has 2 rings (SSSR count). The molecule has 1 N–H and O–H groups in total. The molecule has 1 amide bonds. The van der Waals surface area contributed by atoms with E-state index in [9.17, 15) is 4.79 Å². The molecule has 4 heteroatoms. The first-order valence-corrected chi connectivity index (χ1v) is 7.84. The van der Waals surface area contributed by atoms with Crippen LogP contribution in [-0.2, 0) is 4.79 Å². The Labute approximate surface area is 132 Å². The second-order valence-electron chi connectivity index (χ2n) is 5.86. The van der Waals surface area contributed by atoms with Crippen LogP contribution in [0, 0.1) is 5.92 Å². The van der Waals surface area contributed by atoms with Crippen LogP contribution in [0.2, 0.25) is 0 Å². The first kappa shape index (κ1) is 16.4. The van der Waals surface area contributed by atoms with Gasteiger partial charge < -0.3 is 14.8 Å². The van der Waals surface area contributed by atoms with Crippen LogP contribution in [0.3, 0.4) is 0 Å². The van der Waals surface area contributed by atoms with Gasteiger partial charge in [-0.2, -0.15) is 0 Å². The van der Waals surface area contributed by atoms with Gasteiger partial charge in [0.05, 0.1) is 14.2 Å². The van der Waals surface area contributed by atoms with Crippen molar-refractivity contribution < 1.29 is 14.3 Å². The van der Waals surface area contributed by atoms with E-state index in [-0.39, 0.29) is 5.91 Å². The summed E-state index contributed by atoms with van der Waals surface area (Å²) in [5.74, 6) is 1.93. The lowest BCUT2D eigenvalue weighted by Gasteiger charge is -2.29. The predicted octanol–water partition coefficient (Wildman–Crippen LogP) is 3.41. The number of carbonyl (C=O) groups is 1. The van der Waals surface area contributed by atoms with E-state index in [1.54, 1.807) is 32.4 Å². The average Bonchev–Trinajstić information content (AvgIpc) is 2.54. The molecule has 0 aromatic heterocycles. The SMILES string of the molecule is COc1cc(/C=C/C(=O)N[C@H]2CCCC[C@@H]2C)cc(OC)c1. The quantitative estimate of drug-likeness (QED) is 0.848. The van der Waals surface area contributed by atoms with Gasteiger partial charge in [0.2, 0.25) is 5.91 Å². The van der Waals surface area contributed by atoms with Gasteiger partial charge in [-0.1, -0.05) is 19.8 Å². The monoisotopic (exact) mass is 303 g/mol. The molecular weight excluding hydrogens is 278 g/mol. The summed E-state index contributed by atoms with van der Waals surface area (Å²) in [5, 5.41) is 3.11.